The fourth-order valence-electron chi connectivity index (χ4n) is 3.20. The van der Waals surface area contributed by atoms with Crippen molar-refractivity contribution in [2.24, 2.45) is 5.92 Å². The zero-order chi connectivity index (χ0) is 18.8. The Morgan fingerprint density at radius 1 is 1.08 bits per heavy atom. The van der Waals surface area contributed by atoms with Crippen LogP contribution in [0.3, 0.4) is 0 Å². The number of carbonyl (C=O) groups excluding carboxylic acids is 3. The summed E-state index contributed by atoms with van der Waals surface area (Å²) in [5, 5.41) is 0. The van der Waals surface area contributed by atoms with Crippen LogP contribution in [0.15, 0.2) is 30.3 Å². The van der Waals surface area contributed by atoms with Crippen molar-refractivity contribution in [1.82, 2.24) is 10.9 Å². The lowest BCUT2D eigenvalue weighted by Crippen LogP contribution is -2.46. The minimum absolute atomic E-state index is 0.324. The molecule has 0 aliphatic heterocycles. The van der Waals surface area contributed by atoms with Crippen LogP contribution < -0.4 is 10.9 Å². The predicted octanol–water partition coefficient (Wildman–Crippen LogP) is 3.13. The van der Waals surface area contributed by atoms with E-state index in [9.17, 15) is 14.4 Å². The zero-order valence-corrected chi connectivity index (χ0v) is 15.3. The van der Waals surface area contributed by atoms with Crippen molar-refractivity contribution in [3.63, 3.8) is 0 Å². The lowest BCUT2D eigenvalue weighted by Gasteiger charge is -2.21. The van der Waals surface area contributed by atoms with Gasteiger partial charge in [0, 0.05) is 12.0 Å². The highest BCUT2D eigenvalue weighted by molar-refractivity contribution is 5.95. The molecule has 26 heavy (non-hydrogen) atoms. The summed E-state index contributed by atoms with van der Waals surface area (Å²) in [6.07, 6.45) is 7.64. The van der Waals surface area contributed by atoms with Gasteiger partial charge in [-0.25, -0.2) is 0 Å². The average Bonchev–Trinajstić information content (AvgIpc) is 2.67. The van der Waals surface area contributed by atoms with Crippen LogP contribution in [0.25, 0.3) is 0 Å². The van der Waals surface area contributed by atoms with Crippen LogP contribution in [0.5, 0.6) is 0 Å². The summed E-state index contributed by atoms with van der Waals surface area (Å²) in [5.74, 6) is -0.636. The van der Waals surface area contributed by atoms with Gasteiger partial charge in [-0.1, -0.05) is 50.3 Å². The Bertz CT molecular complexity index is 597. The van der Waals surface area contributed by atoms with Gasteiger partial charge in [-0.05, 0) is 37.8 Å². The van der Waals surface area contributed by atoms with E-state index in [0.717, 1.165) is 18.8 Å². The van der Waals surface area contributed by atoms with Crippen molar-refractivity contribution in [3.05, 3.63) is 35.9 Å². The third-order valence-electron chi connectivity index (χ3n) is 4.73. The number of esters is 1. The highest BCUT2D eigenvalue weighted by Gasteiger charge is 2.19. The SMILES string of the molecule is C[C@@H](OC(=O)CCCC1CCCCC1)C(=O)NNC(=O)c1ccccc1. The van der Waals surface area contributed by atoms with Crippen molar-refractivity contribution in [2.45, 2.75) is 64.4 Å². The van der Waals surface area contributed by atoms with Crippen molar-refractivity contribution < 1.29 is 19.1 Å². The monoisotopic (exact) mass is 360 g/mol. The molecule has 1 aromatic rings. The Kier molecular flexibility index (Phi) is 8.12. The Labute approximate surface area is 154 Å². The fraction of sp³-hybridized carbons (Fsp3) is 0.550. The Balaban J connectivity index is 1.62. The molecule has 0 spiro atoms. The van der Waals surface area contributed by atoms with Gasteiger partial charge in [0.1, 0.15) is 0 Å². The van der Waals surface area contributed by atoms with E-state index in [1.807, 2.05) is 0 Å². The van der Waals surface area contributed by atoms with Crippen molar-refractivity contribution in [2.75, 3.05) is 0 Å². The molecule has 0 aromatic heterocycles. The molecule has 1 aliphatic carbocycles. The van der Waals surface area contributed by atoms with E-state index in [2.05, 4.69) is 10.9 Å². The molecule has 6 heteroatoms. The Morgan fingerprint density at radius 3 is 2.46 bits per heavy atom. The van der Waals surface area contributed by atoms with Crippen molar-refractivity contribution >= 4 is 17.8 Å². The smallest absolute Gasteiger partial charge is 0.306 e. The molecule has 1 atom stereocenters. The molecule has 0 unspecified atom stereocenters. The van der Waals surface area contributed by atoms with Crippen LogP contribution in [-0.4, -0.2) is 23.9 Å². The summed E-state index contributed by atoms with van der Waals surface area (Å²) in [7, 11) is 0. The third kappa shape index (κ3) is 6.86. The first-order valence-electron chi connectivity index (χ1n) is 9.41. The van der Waals surface area contributed by atoms with Crippen LogP contribution >= 0.6 is 0 Å². The van der Waals surface area contributed by atoms with E-state index in [-0.39, 0.29) is 5.97 Å². The number of rotatable bonds is 7. The van der Waals surface area contributed by atoms with Gasteiger partial charge >= 0.3 is 5.97 Å². The molecule has 0 bridgehead atoms. The second-order valence-electron chi connectivity index (χ2n) is 6.84. The summed E-state index contributed by atoms with van der Waals surface area (Å²) in [4.78, 5) is 35.7. The number of hydrazine groups is 1. The molecule has 1 aromatic carbocycles. The first kappa shape index (κ1) is 19.9. The third-order valence-corrected chi connectivity index (χ3v) is 4.73. The van der Waals surface area contributed by atoms with Crippen LogP contribution in [0, 0.1) is 5.92 Å². The number of hydrogen-bond donors (Lipinski definition) is 2. The summed E-state index contributed by atoms with van der Waals surface area (Å²) in [6.45, 7) is 1.49. The Hall–Kier alpha value is -2.37. The lowest BCUT2D eigenvalue weighted by atomic mass is 9.86. The standard InChI is InChI=1S/C20H28N2O4/c1-15(19(24)21-22-20(25)17-12-6-3-7-13-17)26-18(23)14-8-11-16-9-4-2-5-10-16/h3,6-7,12-13,15-16H,2,4-5,8-11,14H2,1H3,(H,21,24)(H,22,25)/t15-/m1/s1. The number of ether oxygens (including phenoxy) is 1. The second kappa shape index (κ2) is 10.6. The molecule has 6 nitrogen and oxygen atoms in total. The second-order valence-corrected chi connectivity index (χ2v) is 6.84. The maximum atomic E-state index is 11.9. The molecule has 0 saturated heterocycles. The van der Waals surface area contributed by atoms with E-state index < -0.39 is 17.9 Å². The van der Waals surface area contributed by atoms with E-state index in [4.69, 9.17) is 4.74 Å². The van der Waals surface area contributed by atoms with Gasteiger partial charge in [-0.2, -0.15) is 0 Å². The topological polar surface area (TPSA) is 84.5 Å². The van der Waals surface area contributed by atoms with Gasteiger partial charge in [0.25, 0.3) is 11.8 Å². The quantitative estimate of drug-likeness (QED) is 0.578. The van der Waals surface area contributed by atoms with E-state index in [1.165, 1.54) is 39.0 Å². The van der Waals surface area contributed by atoms with Crippen LogP contribution in [-0.2, 0) is 14.3 Å². The highest BCUT2D eigenvalue weighted by Crippen LogP contribution is 2.27. The fourth-order valence-corrected chi connectivity index (χ4v) is 3.20. The number of nitrogens with one attached hydrogen (secondary N) is 2. The molecule has 2 amide bonds. The molecule has 2 N–H and O–H groups in total. The summed E-state index contributed by atoms with van der Waals surface area (Å²) in [6, 6.07) is 8.53. The minimum Gasteiger partial charge on any atom is -0.452 e. The van der Waals surface area contributed by atoms with Crippen molar-refractivity contribution in [1.29, 1.82) is 0 Å². The van der Waals surface area contributed by atoms with E-state index >= 15 is 0 Å². The highest BCUT2D eigenvalue weighted by atomic mass is 16.5. The Morgan fingerprint density at radius 2 is 1.77 bits per heavy atom. The van der Waals surface area contributed by atoms with Gasteiger partial charge in [0.05, 0.1) is 0 Å². The molecule has 0 radical (unpaired) electrons. The number of hydrogen-bond acceptors (Lipinski definition) is 4. The lowest BCUT2D eigenvalue weighted by molar-refractivity contribution is -0.155. The van der Waals surface area contributed by atoms with E-state index in [0.29, 0.717) is 12.0 Å². The van der Waals surface area contributed by atoms with Gasteiger partial charge in [-0.3, -0.25) is 25.2 Å². The van der Waals surface area contributed by atoms with Crippen LogP contribution in [0.4, 0.5) is 0 Å². The first-order valence-corrected chi connectivity index (χ1v) is 9.41. The summed E-state index contributed by atoms with van der Waals surface area (Å²) < 4.78 is 5.14. The summed E-state index contributed by atoms with van der Waals surface area (Å²) >= 11 is 0. The molecular formula is C20H28N2O4. The minimum atomic E-state index is -0.951. The maximum Gasteiger partial charge on any atom is 0.306 e. The maximum absolute atomic E-state index is 11.9. The molecule has 1 saturated carbocycles. The predicted molar refractivity (Wildman–Crippen MR) is 98.0 cm³/mol. The first-order chi connectivity index (χ1) is 12.6. The van der Waals surface area contributed by atoms with Crippen LogP contribution in [0.2, 0.25) is 0 Å². The van der Waals surface area contributed by atoms with Gasteiger partial charge < -0.3 is 4.74 Å². The number of benzene rings is 1. The van der Waals surface area contributed by atoms with E-state index in [1.54, 1.807) is 30.3 Å². The molecule has 2 rings (SSSR count). The molecule has 1 aliphatic rings. The summed E-state index contributed by atoms with van der Waals surface area (Å²) in [5.41, 5.74) is 5.02. The number of amides is 2. The van der Waals surface area contributed by atoms with Gasteiger partial charge in [-0.15, -0.1) is 0 Å². The molecule has 0 heterocycles. The average molecular weight is 360 g/mol. The molecular weight excluding hydrogens is 332 g/mol. The van der Waals surface area contributed by atoms with Crippen molar-refractivity contribution in [3.8, 4) is 0 Å². The zero-order valence-electron chi connectivity index (χ0n) is 15.3. The van der Waals surface area contributed by atoms with Gasteiger partial charge in [0.2, 0.25) is 0 Å². The largest absolute Gasteiger partial charge is 0.452 e. The molecule has 142 valence electrons. The van der Waals surface area contributed by atoms with Gasteiger partial charge in [0.15, 0.2) is 6.10 Å². The van der Waals surface area contributed by atoms with Crippen LogP contribution in [0.1, 0.15) is 68.6 Å². The molecule has 1 fully saturated rings. The number of carbonyl (C=O) groups is 3. The normalized spacial score (nSPS) is 15.7.